The molecule has 1 unspecified atom stereocenters. The molecule has 0 aliphatic heterocycles. The number of hydrogen-bond acceptors (Lipinski definition) is 2. The number of aromatic nitrogens is 1. The summed E-state index contributed by atoms with van der Waals surface area (Å²) >= 11 is 6.39. The van der Waals surface area contributed by atoms with Crippen LogP contribution in [0.25, 0.3) is 22.0 Å². The fraction of sp³-hybridized carbons (Fsp3) is 0.229. The lowest BCUT2D eigenvalue weighted by Crippen LogP contribution is -2.13. The number of benzene rings is 4. The van der Waals surface area contributed by atoms with Crippen molar-refractivity contribution in [2.45, 2.75) is 52.5 Å². The molecule has 2 N–H and O–H groups in total. The third-order valence-corrected chi connectivity index (χ3v) is 7.23. The van der Waals surface area contributed by atoms with E-state index < -0.39 is 0 Å². The Labute approximate surface area is 232 Å². The van der Waals surface area contributed by atoms with Gasteiger partial charge >= 0.3 is 0 Å². The van der Waals surface area contributed by atoms with E-state index in [1.807, 2.05) is 60.7 Å². The number of nitrogens with two attached hydrogens (primary N) is 1. The average molecular weight is 521 g/mol. The summed E-state index contributed by atoms with van der Waals surface area (Å²) in [5.41, 5.74) is 14.6. The molecule has 1 heterocycles. The number of rotatable bonds is 5. The summed E-state index contributed by atoms with van der Waals surface area (Å²) in [4.78, 5) is 4.82. The average Bonchev–Trinajstić information content (AvgIpc) is 2.92. The minimum absolute atomic E-state index is 0.311. The van der Waals surface area contributed by atoms with Crippen LogP contribution in [0.2, 0.25) is 5.02 Å². The second-order valence-corrected chi connectivity index (χ2v) is 10.8. The smallest absolute Gasteiger partial charge is 0.0727 e. The van der Waals surface area contributed by atoms with Gasteiger partial charge in [-0.1, -0.05) is 130 Å². The van der Waals surface area contributed by atoms with E-state index in [4.69, 9.17) is 22.3 Å². The molecular weight excluding hydrogens is 484 g/mol. The standard InChI is InChI=1S/C22H17ClN2.C13H20/c23-17-13-20(19-12-6-10-15-7-4-5-11-18(15)19)25-21(14-17)22(24)16-8-2-1-3-9-16;1-9(2)12-7-6-8-13(10(3)4)11(12)5/h1-14,22H,24H2;6-10H,1-5H3. The fourth-order valence-corrected chi connectivity index (χ4v) is 5.23. The molecule has 0 bridgehead atoms. The Bertz CT molecular complexity index is 1470. The fourth-order valence-electron chi connectivity index (χ4n) is 5.02. The van der Waals surface area contributed by atoms with Gasteiger partial charge in [0.15, 0.2) is 0 Å². The molecule has 3 heteroatoms. The van der Waals surface area contributed by atoms with Gasteiger partial charge in [-0.25, -0.2) is 0 Å². The lowest BCUT2D eigenvalue weighted by atomic mass is 9.90. The first-order chi connectivity index (χ1) is 18.3. The molecule has 1 aromatic heterocycles. The van der Waals surface area contributed by atoms with Crippen molar-refractivity contribution in [3.8, 4) is 11.3 Å². The van der Waals surface area contributed by atoms with Crippen LogP contribution < -0.4 is 5.73 Å². The Morgan fingerprint density at radius 3 is 1.92 bits per heavy atom. The van der Waals surface area contributed by atoms with Crippen LogP contribution >= 0.6 is 11.6 Å². The molecule has 0 spiro atoms. The highest BCUT2D eigenvalue weighted by Crippen LogP contribution is 2.31. The van der Waals surface area contributed by atoms with Crippen molar-refractivity contribution in [2.75, 3.05) is 0 Å². The third kappa shape index (κ3) is 6.32. The zero-order valence-electron chi connectivity index (χ0n) is 22.9. The number of halogens is 1. The van der Waals surface area contributed by atoms with Gasteiger partial charge in [-0.2, -0.15) is 0 Å². The van der Waals surface area contributed by atoms with Gasteiger partial charge < -0.3 is 5.73 Å². The second-order valence-electron chi connectivity index (χ2n) is 10.4. The number of fused-ring (bicyclic) bond motifs is 1. The molecule has 5 aromatic rings. The zero-order chi connectivity index (χ0) is 27.2. The molecule has 4 aromatic carbocycles. The first-order valence-electron chi connectivity index (χ1n) is 13.3. The largest absolute Gasteiger partial charge is 0.319 e. The van der Waals surface area contributed by atoms with Crippen LogP contribution in [-0.4, -0.2) is 4.98 Å². The minimum Gasteiger partial charge on any atom is -0.319 e. The quantitative estimate of drug-likeness (QED) is 0.250. The summed E-state index contributed by atoms with van der Waals surface area (Å²) in [5.74, 6) is 1.28. The van der Waals surface area contributed by atoms with Gasteiger partial charge in [0.05, 0.1) is 17.4 Å². The maximum absolute atomic E-state index is 6.42. The SMILES string of the molecule is Cc1c(C(C)C)cccc1C(C)C.NC(c1ccccc1)c1cc(Cl)cc(-c2cccc3ccccc23)n1. The Morgan fingerprint density at radius 2 is 1.26 bits per heavy atom. The Kier molecular flexibility index (Phi) is 8.99. The van der Waals surface area contributed by atoms with E-state index in [0.29, 0.717) is 16.9 Å². The van der Waals surface area contributed by atoms with Crippen LogP contribution in [0.3, 0.4) is 0 Å². The van der Waals surface area contributed by atoms with Gasteiger partial charge in [0, 0.05) is 10.6 Å². The summed E-state index contributed by atoms with van der Waals surface area (Å²) in [6, 6.07) is 34.5. The molecule has 2 nitrogen and oxygen atoms in total. The zero-order valence-corrected chi connectivity index (χ0v) is 23.7. The van der Waals surface area contributed by atoms with Crippen LogP contribution in [0.4, 0.5) is 0 Å². The molecule has 194 valence electrons. The van der Waals surface area contributed by atoms with Gasteiger partial charge in [0.25, 0.3) is 0 Å². The molecule has 1 atom stereocenters. The van der Waals surface area contributed by atoms with Crippen molar-refractivity contribution >= 4 is 22.4 Å². The number of nitrogens with zero attached hydrogens (tertiary/aromatic N) is 1. The Morgan fingerprint density at radius 1 is 0.684 bits per heavy atom. The predicted molar refractivity (Wildman–Crippen MR) is 164 cm³/mol. The van der Waals surface area contributed by atoms with Crippen LogP contribution in [0.15, 0.2) is 103 Å². The molecule has 0 amide bonds. The highest BCUT2D eigenvalue weighted by molar-refractivity contribution is 6.31. The van der Waals surface area contributed by atoms with Gasteiger partial charge in [0.2, 0.25) is 0 Å². The van der Waals surface area contributed by atoms with Crippen molar-refractivity contribution < 1.29 is 0 Å². The lowest BCUT2D eigenvalue weighted by molar-refractivity contribution is 0.817. The van der Waals surface area contributed by atoms with Crippen molar-refractivity contribution in [3.63, 3.8) is 0 Å². The van der Waals surface area contributed by atoms with E-state index >= 15 is 0 Å². The summed E-state index contributed by atoms with van der Waals surface area (Å²) in [7, 11) is 0. The maximum Gasteiger partial charge on any atom is 0.0727 e. The first kappa shape index (κ1) is 27.6. The third-order valence-electron chi connectivity index (χ3n) is 7.01. The molecule has 0 aliphatic carbocycles. The van der Waals surface area contributed by atoms with E-state index in [1.54, 1.807) is 0 Å². The van der Waals surface area contributed by atoms with Crippen molar-refractivity contribution in [1.82, 2.24) is 4.98 Å². The van der Waals surface area contributed by atoms with E-state index in [0.717, 1.165) is 27.9 Å². The van der Waals surface area contributed by atoms with Gasteiger partial charge in [-0.05, 0) is 63.9 Å². The number of pyridine rings is 1. The monoisotopic (exact) mass is 520 g/mol. The summed E-state index contributed by atoms with van der Waals surface area (Å²) < 4.78 is 0. The van der Waals surface area contributed by atoms with Crippen LogP contribution in [-0.2, 0) is 0 Å². The summed E-state index contributed by atoms with van der Waals surface area (Å²) in [5, 5.41) is 2.97. The Hall–Kier alpha value is -3.46. The van der Waals surface area contributed by atoms with Gasteiger partial charge in [-0.3, -0.25) is 4.98 Å². The maximum atomic E-state index is 6.42. The molecule has 0 saturated carbocycles. The van der Waals surface area contributed by atoms with Gasteiger partial charge in [-0.15, -0.1) is 0 Å². The van der Waals surface area contributed by atoms with E-state index in [2.05, 4.69) is 77.1 Å². The normalized spacial score (nSPS) is 11.9. The van der Waals surface area contributed by atoms with E-state index in [-0.39, 0.29) is 6.04 Å². The van der Waals surface area contributed by atoms with E-state index in [9.17, 15) is 0 Å². The van der Waals surface area contributed by atoms with Crippen molar-refractivity contribution in [2.24, 2.45) is 5.73 Å². The van der Waals surface area contributed by atoms with Crippen LogP contribution in [0.1, 0.15) is 73.5 Å². The first-order valence-corrected chi connectivity index (χ1v) is 13.7. The molecule has 5 rings (SSSR count). The lowest BCUT2D eigenvalue weighted by Gasteiger charge is -2.16. The second kappa shape index (κ2) is 12.4. The van der Waals surface area contributed by atoms with Gasteiger partial charge in [0.1, 0.15) is 0 Å². The molecule has 0 radical (unpaired) electrons. The molecule has 0 fully saturated rings. The topological polar surface area (TPSA) is 38.9 Å². The minimum atomic E-state index is -0.311. The van der Waals surface area contributed by atoms with Crippen LogP contribution in [0.5, 0.6) is 0 Å². The highest BCUT2D eigenvalue weighted by atomic mass is 35.5. The van der Waals surface area contributed by atoms with Crippen LogP contribution in [0, 0.1) is 6.92 Å². The molecule has 0 saturated heterocycles. The molecule has 0 aliphatic rings. The Balaban J connectivity index is 0.000000219. The van der Waals surface area contributed by atoms with E-state index in [1.165, 1.54) is 22.1 Å². The summed E-state index contributed by atoms with van der Waals surface area (Å²) in [6.07, 6.45) is 0. The highest BCUT2D eigenvalue weighted by Gasteiger charge is 2.14. The summed E-state index contributed by atoms with van der Waals surface area (Å²) in [6.45, 7) is 11.3. The number of hydrogen-bond donors (Lipinski definition) is 1. The van der Waals surface area contributed by atoms with Crippen molar-refractivity contribution in [3.05, 3.63) is 136 Å². The van der Waals surface area contributed by atoms with Crippen molar-refractivity contribution in [1.29, 1.82) is 0 Å². The predicted octanol–water partition coefficient (Wildman–Crippen LogP) is 9.85. The molecule has 38 heavy (non-hydrogen) atoms. The molecular formula is C35H37ClN2.